The summed E-state index contributed by atoms with van der Waals surface area (Å²) in [6.45, 7) is 6.55. The van der Waals surface area contributed by atoms with Crippen molar-refractivity contribution >= 4 is 69.2 Å². The van der Waals surface area contributed by atoms with Crippen LogP contribution in [0, 0.1) is 23.2 Å². The van der Waals surface area contributed by atoms with Crippen molar-refractivity contribution in [2.24, 2.45) is 23.2 Å². The Morgan fingerprint density at radius 1 is 0.541 bits per heavy atom. The van der Waals surface area contributed by atoms with Crippen molar-refractivity contribution in [3.63, 3.8) is 0 Å². The number of carbonyl (C=O) groups excluding carboxylic acids is 5. The summed E-state index contributed by atoms with van der Waals surface area (Å²) in [7, 11) is -2.60. The highest BCUT2D eigenvalue weighted by molar-refractivity contribution is 6.73. The zero-order chi connectivity index (χ0) is 53.6. The lowest BCUT2D eigenvalue weighted by Crippen LogP contribution is -2.60. The number of likely N-dealkylation sites (tertiary alicyclic amines) is 3. The Morgan fingerprint density at radius 3 is 1.22 bits per heavy atom. The molecule has 4 saturated heterocycles. The molecular formula is C50H70B3N5O16. The normalized spacial score (nSPS) is 24.7. The highest BCUT2D eigenvalue weighted by atomic mass is 16.7. The van der Waals surface area contributed by atoms with E-state index in [1.165, 1.54) is 9.80 Å². The number of amides is 5. The molecule has 5 N–H and O–H groups in total. The van der Waals surface area contributed by atoms with E-state index in [0.29, 0.717) is 49.7 Å². The minimum Gasteiger partial charge on any atom is -0.481 e. The molecule has 24 heteroatoms. The Labute approximate surface area is 433 Å². The third-order valence-corrected chi connectivity index (χ3v) is 15.2. The molecule has 0 spiro atoms. The molecule has 74 heavy (non-hydrogen) atoms. The van der Waals surface area contributed by atoms with Crippen molar-refractivity contribution in [1.82, 2.24) is 25.3 Å². The molecule has 0 aliphatic carbocycles. The first-order valence-corrected chi connectivity index (χ1v) is 25.8. The molecule has 4 heterocycles. The number of nitrogens with zero attached hydrogens (tertiary/aromatic N) is 3. The van der Waals surface area contributed by atoms with Crippen LogP contribution in [0.2, 0.25) is 19.0 Å². The van der Waals surface area contributed by atoms with Crippen molar-refractivity contribution in [1.29, 1.82) is 0 Å². The van der Waals surface area contributed by atoms with Gasteiger partial charge in [-0.15, -0.1) is 0 Å². The number of aliphatic carboxylic acids is 3. The van der Waals surface area contributed by atoms with E-state index in [0.717, 1.165) is 0 Å². The molecule has 0 bridgehead atoms. The van der Waals surface area contributed by atoms with Gasteiger partial charge in [0.15, 0.2) is 11.1 Å². The van der Waals surface area contributed by atoms with Crippen LogP contribution in [0.1, 0.15) is 96.6 Å². The van der Waals surface area contributed by atoms with Crippen molar-refractivity contribution < 1.29 is 76.9 Å². The minimum atomic E-state index is -1.86. The van der Waals surface area contributed by atoms with E-state index in [2.05, 4.69) is 10.6 Å². The summed E-state index contributed by atoms with van der Waals surface area (Å²) in [5.41, 5.74) is -3.47. The fraction of sp³-hybridized carbons (Fsp3) is 0.600. The molecule has 4 aliphatic rings. The topological polar surface area (TPSA) is 277 Å². The van der Waals surface area contributed by atoms with Crippen LogP contribution in [-0.4, -0.2) is 150 Å². The molecule has 2 aromatic rings. The number of carbonyl (C=O) groups is 8. The van der Waals surface area contributed by atoms with Crippen LogP contribution in [0.3, 0.4) is 0 Å². The van der Waals surface area contributed by atoms with E-state index in [1.807, 2.05) is 12.1 Å². The third-order valence-electron chi connectivity index (χ3n) is 15.2. The first-order valence-electron chi connectivity index (χ1n) is 25.8. The van der Waals surface area contributed by atoms with Gasteiger partial charge in [0, 0.05) is 57.3 Å². The predicted molar refractivity (Wildman–Crippen MR) is 270 cm³/mol. The quantitative estimate of drug-likeness (QED) is 0.0861. The largest absolute Gasteiger partial charge is 0.481 e. The average molecular weight is 1030 g/mol. The van der Waals surface area contributed by atoms with Crippen molar-refractivity contribution in [2.45, 2.75) is 129 Å². The summed E-state index contributed by atoms with van der Waals surface area (Å²) >= 11 is 0. The van der Waals surface area contributed by atoms with Crippen LogP contribution >= 0.6 is 0 Å². The summed E-state index contributed by atoms with van der Waals surface area (Å²) in [5, 5.41) is 36.9. The van der Waals surface area contributed by atoms with E-state index in [-0.39, 0.29) is 114 Å². The first-order chi connectivity index (χ1) is 35.4. The average Bonchev–Trinajstić information content (AvgIpc) is 4.07. The number of benzene rings is 2. The number of nitrogens with one attached hydrogen (secondary N) is 2. The molecule has 4 aliphatic heterocycles. The molecule has 6 atom stereocenters. The smallest absolute Gasteiger partial charge is 0.429 e. The van der Waals surface area contributed by atoms with E-state index in [4.69, 9.17) is 23.2 Å². The van der Waals surface area contributed by atoms with Gasteiger partial charge >= 0.3 is 51.4 Å². The van der Waals surface area contributed by atoms with Crippen molar-refractivity contribution in [3.8, 4) is 0 Å². The van der Waals surface area contributed by atoms with E-state index >= 15 is 0 Å². The van der Waals surface area contributed by atoms with Crippen molar-refractivity contribution in [3.05, 3.63) is 71.8 Å². The number of hydrogen-bond donors (Lipinski definition) is 5. The Hall–Kier alpha value is -6.13. The molecule has 21 nitrogen and oxygen atoms in total. The number of alkyl carbamates (subject to hydrolysis) is 2. The Balaban J connectivity index is 1.15. The van der Waals surface area contributed by atoms with E-state index in [9.17, 15) is 53.7 Å². The number of carboxylic acid groups (broad SMARTS) is 3. The van der Waals surface area contributed by atoms with Gasteiger partial charge in [-0.3, -0.25) is 19.2 Å². The molecule has 0 unspecified atom stereocenters. The lowest BCUT2D eigenvalue weighted by atomic mass is 9.63. The van der Waals surface area contributed by atoms with Crippen molar-refractivity contribution in [2.75, 3.05) is 39.3 Å². The number of ether oxygens (including phenoxy) is 2. The van der Waals surface area contributed by atoms with Gasteiger partial charge in [-0.2, -0.15) is 0 Å². The maximum absolute atomic E-state index is 13.2. The van der Waals surface area contributed by atoms with Gasteiger partial charge in [0.1, 0.15) is 13.2 Å². The van der Waals surface area contributed by atoms with Crippen LogP contribution < -0.4 is 10.6 Å². The minimum absolute atomic E-state index is 0.0658. The molecule has 0 radical (unpaired) electrons. The fourth-order valence-corrected chi connectivity index (χ4v) is 10.8. The van der Waals surface area contributed by atoms with Crippen LogP contribution in [0.25, 0.3) is 0 Å². The zero-order valence-corrected chi connectivity index (χ0v) is 42.9. The number of carboxylic acids is 3. The molecule has 0 saturated carbocycles. The Bertz CT molecular complexity index is 2180. The molecule has 400 valence electrons. The molecule has 0 aromatic heterocycles. The lowest BCUT2D eigenvalue weighted by Gasteiger charge is -2.33. The summed E-state index contributed by atoms with van der Waals surface area (Å²) in [6.07, 6.45) is 1.47. The summed E-state index contributed by atoms with van der Waals surface area (Å²) in [5.74, 6) is -6.08. The number of rotatable bonds is 24. The summed E-state index contributed by atoms with van der Waals surface area (Å²) in [6, 6.07) is 17.8. The van der Waals surface area contributed by atoms with E-state index in [1.54, 1.807) is 81.1 Å². The van der Waals surface area contributed by atoms with Gasteiger partial charge in [-0.1, -0.05) is 101 Å². The van der Waals surface area contributed by atoms with Crippen LogP contribution in [-0.2, 0) is 65.2 Å². The van der Waals surface area contributed by atoms with Crippen LogP contribution in [0.5, 0.6) is 0 Å². The summed E-state index contributed by atoms with van der Waals surface area (Å²) < 4.78 is 29.9. The second kappa shape index (κ2) is 25.9. The SMILES string of the molecule is CCC(=O)N1C[C@H](CCCB2OB(CCC[C@H]3CN(C(=O)CC)C[C@@]3(NC(=O)OCc3ccccc3)C(=O)O)OB(CCC[C@H]3CN(C(=O)CC)C[C@@]3(NC(=O)OCc3ccccc3)C(=O)O)O2)[C@](C)(C(=O)O)C1. The van der Waals surface area contributed by atoms with Gasteiger partial charge < -0.3 is 63.8 Å². The third kappa shape index (κ3) is 14.0. The van der Waals surface area contributed by atoms with Gasteiger partial charge in [-0.25, -0.2) is 19.2 Å². The molecule has 6 rings (SSSR count). The maximum Gasteiger partial charge on any atom is 0.429 e. The van der Waals surface area contributed by atoms with Gasteiger partial charge in [0.25, 0.3) is 0 Å². The molecule has 2 aromatic carbocycles. The molecule has 4 fully saturated rings. The molecular weight excluding hydrogens is 959 g/mol. The maximum atomic E-state index is 13.2. The van der Waals surface area contributed by atoms with Gasteiger partial charge in [0.2, 0.25) is 17.7 Å². The second-order valence-corrected chi connectivity index (χ2v) is 20.1. The van der Waals surface area contributed by atoms with Gasteiger partial charge in [0.05, 0.1) is 18.5 Å². The monoisotopic (exact) mass is 1030 g/mol. The van der Waals surface area contributed by atoms with Crippen LogP contribution in [0.15, 0.2) is 60.7 Å². The predicted octanol–water partition coefficient (Wildman–Crippen LogP) is 5.05. The second-order valence-electron chi connectivity index (χ2n) is 20.1. The lowest BCUT2D eigenvalue weighted by molar-refractivity contribution is -0.150. The first kappa shape index (κ1) is 57.2. The highest BCUT2D eigenvalue weighted by Gasteiger charge is 2.57. The number of hydrogen-bond acceptors (Lipinski definition) is 13. The Kier molecular flexibility index (Phi) is 20.0. The Morgan fingerprint density at radius 2 is 0.878 bits per heavy atom. The zero-order valence-electron chi connectivity index (χ0n) is 42.9. The standard InChI is InChI=1S/C50H70B3N5O16/c1-5-40(59)56-27-37(48(4,32-56)43(62)63)21-14-24-51-72-52(25-15-22-38-28-57(41(60)6-2)33-49(38,44(64)65)54-46(68)70-30-35-17-10-8-11-18-35)74-53(73-51)26-16-23-39-29-58(42(61)7-3)34-50(39,45(66)67)55-47(69)71-31-36-19-12-9-13-20-36/h8-13,17-20,37-39H,5-7,14-16,21-34H2,1-4H3,(H,54,68)(H,55,69)(H,62,63)(H,64,65)(H,66,67)/t37-,38-,39-,48+,49-,50-/m0/s1. The summed E-state index contributed by atoms with van der Waals surface area (Å²) in [4.78, 5) is 108. The van der Waals surface area contributed by atoms with E-state index < -0.39 is 79.8 Å². The van der Waals surface area contributed by atoms with Gasteiger partial charge in [-0.05, 0) is 62.2 Å². The highest BCUT2D eigenvalue weighted by Crippen LogP contribution is 2.40. The fourth-order valence-electron chi connectivity index (χ4n) is 10.8. The van der Waals surface area contributed by atoms with Crippen LogP contribution in [0.4, 0.5) is 9.59 Å². The molecule has 5 amide bonds.